The predicted molar refractivity (Wildman–Crippen MR) is 109 cm³/mol. The Morgan fingerprint density at radius 2 is 1.93 bits per heavy atom. The highest BCUT2D eigenvalue weighted by molar-refractivity contribution is 5.84. The van der Waals surface area contributed by atoms with Gasteiger partial charge in [0.25, 0.3) is 11.2 Å². The number of aromatic nitrogens is 1. The summed E-state index contributed by atoms with van der Waals surface area (Å²) in [6.07, 6.45) is 0.971. The predicted octanol–water partition coefficient (Wildman–Crippen LogP) is 2.45. The summed E-state index contributed by atoms with van der Waals surface area (Å²) in [7, 11) is 3.18. The minimum atomic E-state index is -0.746. The molecule has 0 N–H and O–H groups in total. The number of pyridine rings is 1. The van der Waals surface area contributed by atoms with Crippen LogP contribution in [0.25, 0.3) is 10.8 Å². The van der Waals surface area contributed by atoms with Crippen LogP contribution in [0.3, 0.4) is 0 Å². The highest BCUT2D eigenvalue weighted by Gasteiger charge is 2.17. The number of carbonyl (C=O) groups excluding carboxylic acids is 1. The van der Waals surface area contributed by atoms with E-state index in [9.17, 15) is 19.7 Å². The number of nitro groups is 1. The fourth-order valence-electron chi connectivity index (χ4n) is 3.04. The highest BCUT2D eigenvalue weighted by Crippen LogP contribution is 2.22. The Kier molecular flexibility index (Phi) is 5.78. The summed E-state index contributed by atoms with van der Waals surface area (Å²) < 4.78 is 6.10. The SMILES string of the molecule is COc1ccc2cc(CN(C)C(=O)Cn3cc([N+](=O)[O-])cc(C#N)c3=O)ccc2c1. The molecule has 0 aliphatic carbocycles. The molecule has 3 rings (SSSR count). The van der Waals surface area contributed by atoms with Gasteiger partial charge >= 0.3 is 0 Å². The molecule has 0 radical (unpaired) electrons. The maximum Gasteiger partial charge on any atom is 0.287 e. The highest BCUT2D eigenvalue weighted by atomic mass is 16.6. The molecule has 0 spiro atoms. The largest absolute Gasteiger partial charge is 0.497 e. The third-order valence-corrected chi connectivity index (χ3v) is 4.67. The molecule has 9 heteroatoms. The van der Waals surface area contributed by atoms with Gasteiger partial charge in [-0.05, 0) is 34.5 Å². The van der Waals surface area contributed by atoms with Crippen LogP contribution < -0.4 is 10.3 Å². The Bertz CT molecular complexity index is 1240. The summed E-state index contributed by atoms with van der Waals surface area (Å²) in [5, 5.41) is 22.0. The molecule has 1 amide bonds. The minimum absolute atomic E-state index is 0.287. The number of benzene rings is 2. The molecule has 0 atom stereocenters. The van der Waals surface area contributed by atoms with Crippen LogP contribution in [0.1, 0.15) is 11.1 Å². The molecular weight excluding hydrogens is 388 g/mol. The van der Waals surface area contributed by atoms with Gasteiger partial charge in [-0.25, -0.2) is 0 Å². The molecule has 1 heterocycles. The van der Waals surface area contributed by atoms with Crippen LogP contribution >= 0.6 is 0 Å². The number of hydrogen-bond acceptors (Lipinski definition) is 6. The van der Waals surface area contributed by atoms with E-state index >= 15 is 0 Å². The van der Waals surface area contributed by atoms with Gasteiger partial charge < -0.3 is 9.64 Å². The topological polar surface area (TPSA) is 118 Å². The van der Waals surface area contributed by atoms with Crippen molar-refractivity contribution >= 4 is 22.4 Å². The molecule has 9 nitrogen and oxygen atoms in total. The van der Waals surface area contributed by atoms with E-state index in [1.54, 1.807) is 20.2 Å². The molecule has 0 unspecified atom stereocenters. The van der Waals surface area contributed by atoms with Gasteiger partial charge in [0.2, 0.25) is 5.91 Å². The summed E-state index contributed by atoms with van der Waals surface area (Å²) in [6.45, 7) is -0.119. The van der Waals surface area contributed by atoms with Crippen LogP contribution in [0.2, 0.25) is 0 Å². The third kappa shape index (κ3) is 4.28. The number of methoxy groups -OCH3 is 1. The quantitative estimate of drug-likeness (QED) is 0.458. The smallest absolute Gasteiger partial charge is 0.287 e. The van der Waals surface area contributed by atoms with Gasteiger partial charge in [-0.15, -0.1) is 0 Å². The zero-order chi connectivity index (χ0) is 21.8. The van der Waals surface area contributed by atoms with Gasteiger partial charge in [-0.3, -0.25) is 24.3 Å². The molecule has 3 aromatic rings. The molecule has 0 bridgehead atoms. The normalized spacial score (nSPS) is 10.4. The summed E-state index contributed by atoms with van der Waals surface area (Å²) in [5.41, 5.74) is -0.673. The monoisotopic (exact) mass is 406 g/mol. The zero-order valence-electron chi connectivity index (χ0n) is 16.4. The molecule has 152 valence electrons. The van der Waals surface area contributed by atoms with Gasteiger partial charge in [0.1, 0.15) is 23.9 Å². The second-order valence-electron chi connectivity index (χ2n) is 6.71. The summed E-state index contributed by atoms with van der Waals surface area (Å²) >= 11 is 0. The second-order valence-corrected chi connectivity index (χ2v) is 6.71. The molecule has 2 aromatic carbocycles. The molecular formula is C21H18N4O5. The molecule has 1 aromatic heterocycles. The summed E-state index contributed by atoms with van der Waals surface area (Å²) in [6, 6.07) is 14.0. The first kappa shape index (κ1) is 20.5. The van der Waals surface area contributed by atoms with E-state index in [1.807, 2.05) is 36.4 Å². The number of hydrogen-bond donors (Lipinski definition) is 0. The Balaban J connectivity index is 1.79. The van der Waals surface area contributed by atoms with Crippen molar-refractivity contribution in [2.75, 3.05) is 14.2 Å². The Labute approximate surface area is 171 Å². The molecule has 0 fully saturated rings. The summed E-state index contributed by atoms with van der Waals surface area (Å²) in [5.74, 6) is 0.331. The van der Waals surface area contributed by atoms with Crippen molar-refractivity contribution in [2.45, 2.75) is 13.1 Å². The van der Waals surface area contributed by atoms with Crippen molar-refractivity contribution in [2.24, 2.45) is 0 Å². The van der Waals surface area contributed by atoms with Crippen molar-refractivity contribution in [1.82, 2.24) is 9.47 Å². The Hall–Kier alpha value is -4.19. The van der Waals surface area contributed by atoms with E-state index in [0.717, 1.165) is 38.9 Å². The van der Waals surface area contributed by atoms with E-state index in [-0.39, 0.29) is 12.1 Å². The molecule has 30 heavy (non-hydrogen) atoms. The van der Waals surface area contributed by atoms with Crippen LogP contribution in [0.15, 0.2) is 53.5 Å². The standard InChI is InChI=1S/C21H18N4O5/c1-23(11-14-3-4-16-9-19(30-2)6-5-15(16)7-14)20(26)13-24-12-18(25(28)29)8-17(10-22)21(24)27/h3-9,12H,11,13H2,1-2H3. The van der Waals surface area contributed by atoms with Gasteiger partial charge in [-0.1, -0.05) is 18.2 Å². The lowest BCUT2D eigenvalue weighted by Gasteiger charge is -2.18. The lowest BCUT2D eigenvalue weighted by molar-refractivity contribution is -0.385. The van der Waals surface area contributed by atoms with Crippen LogP contribution in [-0.2, 0) is 17.9 Å². The number of nitrogens with zero attached hydrogens (tertiary/aromatic N) is 4. The van der Waals surface area contributed by atoms with Crippen LogP contribution in [0.4, 0.5) is 5.69 Å². The fraction of sp³-hybridized carbons (Fsp3) is 0.190. The van der Waals surface area contributed by atoms with Crippen molar-refractivity contribution in [3.63, 3.8) is 0 Å². The van der Waals surface area contributed by atoms with Gasteiger partial charge in [0, 0.05) is 19.7 Å². The minimum Gasteiger partial charge on any atom is -0.497 e. The Morgan fingerprint density at radius 1 is 1.23 bits per heavy atom. The van der Waals surface area contributed by atoms with Crippen LogP contribution in [0, 0.1) is 21.4 Å². The lowest BCUT2D eigenvalue weighted by Crippen LogP contribution is -2.34. The third-order valence-electron chi connectivity index (χ3n) is 4.67. The van der Waals surface area contributed by atoms with Crippen LogP contribution in [0.5, 0.6) is 5.75 Å². The van der Waals surface area contributed by atoms with E-state index in [0.29, 0.717) is 0 Å². The van der Waals surface area contributed by atoms with E-state index in [1.165, 1.54) is 4.90 Å². The molecule has 0 aliphatic heterocycles. The number of fused-ring (bicyclic) bond motifs is 1. The average Bonchev–Trinajstić information content (AvgIpc) is 2.74. The van der Waals surface area contributed by atoms with Gasteiger partial charge in [-0.2, -0.15) is 5.26 Å². The first-order valence-corrected chi connectivity index (χ1v) is 8.92. The maximum atomic E-state index is 12.6. The molecule has 0 aliphatic rings. The van der Waals surface area contributed by atoms with E-state index in [4.69, 9.17) is 10.00 Å². The number of ether oxygens (including phenoxy) is 1. The van der Waals surface area contributed by atoms with Crippen molar-refractivity contribution in [3.05, 3.63) is 80.3 Å². The van der Waals surface area contributed by atoms with Gasteiger partial charge in [0.05, 0.1) is 18.2 Å². The fourth-order valence-corrected chi connectivity index (χ4v) is 3.04. The zero-order valence-corrected chi connectivity index (χ0v) is 16.4. The first-order chi connectivity index (χ1) is 14.3. The second kappa shape index (κ2) is 8.45. The van der Waals surface area contributed by atoms with E-state index in [2.05, 4.69) is 0 Å². The number of likely N-dealkylation sites (N-methyl/N-ethyl adjacent to an activating group) is 1. The average molecular weight is 406 g/mol. The van der Waals surface area contributed by atoms with E-state index < -0.39 is 28.6 Å². The molecule has 0 saturated heterocycles. The number of nitriles is 1. The van der Waals surface area contributed by atoms with Crippen molar-refractivity contribution in [1.29, 1.82) is 5.26 Å². The van der Waals surface area contributed by atoms with Crippen molar-refractivity contribution < 1.29 is 14.5 Å². The summed E-state index contributed by atoms with van der Waals surface area (Å²) in [4.78, 5) is 36.5. The Morgan fingerprint density at radius 3 is 2.60 bits per heavy atom. The van der Waals surface area contributed by atoms with Gasteiger partial charge in [0.15, 0.2) is 0 Å². The lowest BCUT2D eigenvalue weighted by atomic mass is 10.1. The van der Waals surface area contributed by atoms with Crippen LogP contribution in [-0.4, -0.2) is 34.5 Å². The number of rotatable bonds is 6. The number of amides is 1. The number of carbonyl (C=O) groups is 1. The molecule has 0 saturated carbocycles. The van der Waals surface area contributed by atoms with Crippen molar-refractivity contribution in [3.8, 4) is 11.8 Å². The maximum absolute atomic E-state index is 12.6. The first-order valence-electron chi connectivity index (χ1n) is 8.92.